The van der Waals surface area contributed by atoms with E-state index in [2.05, 4.69) is 10.3 Å². The summed E-state index contributed by atoms with van der Waals surface area (Å²) in [5.41, 5.74) is 2.41. The minimum Gasteiger partial charge on any atom is -0.348 e. The molecule has 0 aliphatic carbocycles. The number of hydrogen-bond donors (Lipinski definition) is 1. The molecule has 1 aromatic heterocycles. The van der Waals surface area contributed by atoms with Gasteiger partial charge in [-0.1, -0.05) is 74.0 Å². The van der Waals surface area contributed by atoms with Crippen LogP contribution in [0, 0.1) is 5.92 Å². The second-order valence-corrected chi connectivity index (χ2v) is 8.04. The number of rotatable bonds is 8. The Labute approximate surface area is 188 Å². The summed E-state index contributed by atoms with van der Waals surface area (Å²) in [6.45, 7) is 4.26. The molecule has 6 heteroatoms. The van der Waals surface area contributed by atoms with Crippen molar-refractivity contribution in [3.05, 3.63) is 101 Å². The summed E-state index contributed by atoms with van der Waals surface area (Å²) in [7, 11) is 0. The van der Waals surface area contributed by atoms with Gasteiger partial charge in [0.25, 0.3) is 0 Å². The number of benzene rings is 2. The van der Waals surface area contributed by atoms with Crippen LogP contribution >= 0.6 is 11.6 Å². The molecule has 2 amide bonds. The summed E-state index contributed by atoms with van der Waals surface area (Å²) >= 11 is 6.02. The van der Waals surface area contributed by atoms with Crippen LogP contribution in [-0.2, 0) is 22.7 Å². The smallest absolute Gasteiger partial charge is 0.247 e. The van der Waals surface area contributed by atoms with E-state index in [1.54, 1.807) is 23.2 Å². The first-order chi connectivity index (χ1) is 15.0. The predicted molar refractivity (Wildman–Crippen MR) is 122 cm³/mol. The van der Waals surface area contributed by atoms with E-state index in [1.807, 2.05) is 74.5 Å². The van der Waals surface area contributed by atoms with Crippen LogP contribution in [0.3, 0.4) is 0 Å². The van der Waals surface area contributed by atoms with Crippen molar-refractivity contribution in [1.29, 1.82) is 0 Å². The summed E-state index contributed by atoms with van der Waals surface area (Å²) in [4.78, 5) is 32.5. The van der Waals surface area contributed by atoms with Crippen LogP contribution in [0.2, 0.25) is 5.02 Å². The lowest BCUT2D eigenvalue weighted by molar-refractivity contribution is -0.144. The Bertz CT molecular complexity index is 992. The molecule has 1 N–H and O–H groups in total. The second-order valence-electron chi connectivity index (χ2n) is 7.60. The van der Waals surface area contributed by atoms with Crippen molar-refractivity contribution in [1.82, 2.24) is 15.2 Å². The van der Waals surface area contributed by atoms with E-state index in [0.29, 0.717) is 11.6 Å². The number of nitrogens with zero attached hydrogens (tertiary/aromatic N) is 2. The molecule has 160 valence electrons. The first-order valence-electron chi connectivity index (χ1n) is 10.2. The quantitative estimate of drug-likeness (QED) is 0.554. The number of amides is 2. The zero-order valence-corrected chi connectivity index (χ0v) is 18.4. The highest BCUT2D eigenvalue weighted by atomic mass is 35.5. The molecule has 0 aliphatic rings. The minimum atomic E-state index is -0.768. The van der Waals surface area contributed by atoms with Crippen molar-refractivity contribution >= 4 is 23.4 Å². The molecule has 2 aromatic carbocycles. The average Bonchev–Trinajstić information content (AvgIpc) is 2.79. The van der Waals surface area contributed by atoms with Crippen LogP contribution in [0.1, 0.15) is 36.7 Å². The van der Waals surface area contributed by atoms with Crippen LogP contribution in [-0.4, -0.2) is 21.7 Å². The van der Waals surface area contributed by atoms with E-state index >= 15 is 0 Å². The summed E-state index contributed by atoms with van der Waals surface area (Å²) in [6.07, 6.45) is 1.69. The van der Waals surface area contributed by atoms with Gasteiger partial charge in [-0.05, 0) is 35.4 Å². The van der Waals surface area contributed by atoms with Crippen LogP contribution in [0.4, 0.5) is 0 Å². The van der Waals surface area contributed by atoms with Gasteiger partial charge in [0.1, 0.15) is 6.04 Å². The molecule has 31 heavy (non-hydrogen) atoms. The van der Waals surface area contributed by atoms with Gasteiger partial charge in [0.2, 0.25) is 11.8 Å². The van der Waals surface area contributed by atoms with Crippen LogP contribution in [0.25, 0.3) is 0 Å². The molecule has 3 rings (SSSR count). The van der Waals surface area contributed by atoms with E-state index in [0.717, 1.165) is 16.8 Å². The number of carbonyl (C=O) groups is 2. The van der Waals surface area contributed by atoms with E-state index in [1.165, 1.54) is 0 Å². The molecular weight excluding hydrogens is 410 g/mol. The van der Waals surface area contributed by atoms with Crippen molar-refractivity contribution in [2.45, 2.75) is 33.0 Å². The third-order valence-corrected chi connectivity index (χ3v) is 5.14. The maximum Gasteiger partial charge on any atom is 0.247 e. The van der Waals surface area contributed by atoms with Gasteiger partial charge in [-0.15, -0.1) is 0 Å². The van der Waals surface area contributed by atoms with Gasteiger partial charge in [-0.2, -0.15) is 0 Å². The average molecular weight is 436 g/mol. The Kier molecular flexibility index (Phi) is 7.79. The van der Waals surface area contributed by atoms with Gasteiger partial charge in [-0.25, -0.2) is 0 Å². The monoisotopic (exact) mass is 435 g/mol. The molecular formula is C25H26ClN3O2. The highest BCUT2D eigenvalue weighted by molar-refractivity contribution is 6.30. The van der Waals surface area contributed by atoms with Gasteiger partial charge in [0, 0.05) is 23.7 Å². The normalized spacial score (nSPS) is 11.7. The third-order valence-electron chi connectivity index (χ3n) is 4.89. The van der Waals surface area contributed by atoms with Crippen LogP contribution in [0.15, 0.2) is 79.0 Å². The van der Waals surface area contributed by atoms with Gasteiger partial charge < -0.3 is 10.2 Å². The molecule has 3 aromatic rings. The molecule has 0 fully saturated rings. The molecule has 1 atom stereocenters. The first-order valence-corrected chi connectivity index (χ1v) is 10.6. The highest BCUT2D eigenvalue weighted by Crippen LogP contribution is 2.26. The molecule has 0 radical (unpaired) electrons. The standard InChI is InChI=1S/C25H26ClN3O2/c1-18(2)25(31)29(17-19-11-13-21(26)14-12-19)23(20-8-4-3-5-9-20)24(30)28-16-22-10-6-7-15-27-22/h3-15,18,23H,16-17H2,1-2H3,(H,28,30)/t23-/m1/s1. The van der Waals surface area contributed by atoms with Gasteiger partial charge in [0.15, 0.2) is 0 Å². The highest BCUT2D eigenvalue weighted by Gasteiger charge is 2.32. The molecule has 0 saturated heterocycles. The van der Waals surface area contributed by atoms with Gasteiger partial charge in [-0.3, -0.25) is 14.6 Å². The van der Waals surface area contributed by atoms with Gasteiger partial charge in [0.05, 0.1) is 12.2 Å². The lowest BCUT2D eigenvalue weighted by Gasteiger charge is -2.33. The van der Waals surface area contributed by atoms with Crippen LogP contribution in [0.5, 0.6) is 0 Å². The van der Waals surface area contributed by atoms with E-state index in [4.69, 9.17) is 11.6 Å². The van der Waals surface area contributed by atoms with Crippen molar-refractivity contribution in [2.24, 2.45) is 5.92 Å². The zero-order chi connectivity index (χ0) is 22.2. The number of aromatic nitrogens is 1. The molecule has 1 heterocycles. The lowest BCUT2D eigenvalue weighted by Crippen LogP contribution is -2.44. The summed E-state index contributed by atoms with van der Waals surface area (Å²) in [6, 6.07) is 21.5. The van der Waals surface area contributed by atoms with E-state index in [-0.39, 0.29) is 24.3 Å². The van der Waals surface area contributed by atoms with Crippen molar-refractivity contribution < 1.29 is 9.59 Å². The van der Waals surface area contributed by atoms with Gasteiger partial charge >= 0.3 is 0 Å². The Morgan fingerprint density at radius 2 is 1.65 bits per heavy atom. The first kappa shape index (κ1) is 22.5. The van der Waals surface area contributed by atoms with E-state index in [9.17, 15) is 9.59 Å². The minimum absolute atomic E-state index is 0.100. The zero-order valence-electron chi connectivity index (χ0n) is 17.7. The van der Waals surface area contributed by atoms with Crippen LogP contribution < -0.4 is 5.32 Å². The SMILES string of the molecule is CC(C)C(=O)N(Cc1ccc(Cl)cc1)[C@@H](C(=O)NCc1ccccn1)c1ccccc1. The fraction of sp³-hybridized carbons (Fsp3) is 0.240. The largest absolute Gasteiger partial charge is 0.348 e. The fourth-order valence-electron chi connectivity index (χ4n) is 3.30. The summed E-state index contributed by atoms with van der Waals surface area (Å²) in [5, 5.41) is 3.57. The number of carbonyl (C=O) groups excluding carboxylic acids is 2. The molecule has 0 bridgehead atoms. The lowest BCUT2D eigenvalue weighted by atomic mass is 10.0. The van der Waals surface area contributed by atoms with E-state index < -0.39 is 6.04 Å². The third kappa shape index (κ3) is 6.15. The number of hydrogen-bond acceptors (Lipinski definition) is 3. The molecule has 0 saturated carbocycles. The maximum absolute atomic E-state index is 13.4. The number of pyridine rings is 1. The Morgan fingerprint density at radius 1 is 0.968 bits per heavy atom. The Hall–Kier alpha value is -3.18. The molecule has 5 nitrogen and oxygen atoms in total. The Morgan fingerprint density at radius 3 is 2.26 bits per heavy atom. The summed E-state index contributed by atoms with van der Waals surface area (Å²) in [5.74, 6) is -0.612. The fourth-order valence-corrected chi connectivity index (χ4v) is 3.43. The molecule has 0 aliphatic heterocycles. The molecule has 0 unspecified atom stereocenters. The molecule has 0 spiro atoms. The number of halogens is 1. The number of nitrogens with one attached hydrogen (secondary N) is 1. The van der Waals surface area contributed by atoms with Crippen molar-refractivity contribution in [3.63, 3.8) is 0 Å². The maximum atomic E-state index is 13.4. The summed E-state index contributed by atoms with van der Waals surface area (Å²) < 4.78 is 0. The van der Waals surface area contributed by atoms with Crippen molar-refractivity contribution in [2.75, 3.05) is 0 Å². The topological polar surface area (TPSA) is 62.3 Å². The second kappa shape index (κ2) is 10.7. The Balaban J connectivity index is 1.93. The predicted octanol–water partition coefficient (Wildman–Crippen LogP) is 4.78. The van der Waals surface area contributed by atoms with Crippen molar-refractivity contribution in [3.8, 4) is 0 Å².